The van der Waals surface area contributed by atoms with Crippen molar-refractivity contribution < 1.29 is 28.7 Å². The summed E-state index contributed by atoms with van der Waals surface area (Å²) >= 11 is 0. The molecule has 6 rings (SSSR count). The summed E-state index contributed by atoms with van der Waals surface area (Å²) in [6, 6.07) is 14.1. The monoisotopic (exact) mass is 734 g/mol. The van der Waals surface area contributed by atoms with Gasteiger partial charge in [0.2, 0.25) is 11.8 Å². The van der Waals surface area contributed by atoms with Crippen LogP contribution in [0.4, 0.5) is 9.59 Å². The smallest absolute Gasteiger partial charge is 0.407 e. The molecule has 54 heavy (non-hydrogen) atoms. The lowest BCUT2D eigenvalue weighted by Crippen LogP contribution is -2.51. The predicted molar refractivity (Wildman–Crippen MR) is 203 cm³/mol. The second-order valence-corrected chi connectivity index (χ2v) is 14.0. The Hall–Kier alpha value is -6.18. The van der Waals surface area contributed by atoms with Gasteiger partial charge >= 0.3 is 12.2 Å². The van der Waals surface area contributed by atoms with Crippen LogP contribution in [0.3, 0.4) is 0 Å². The van der Waals surface area contributed by atoms with E-state index in [9.17, 15) is 19.2 Å². The minimum absolute atomic E-state index is 0.134. The van der Waals surface area contributed by atoms with Gasteiger partial charge < -0.3 is 39.9 Å². The predicted octanol–water partition coefficient (Wildman–Crippen LogP) is 5.77. The standard InChI is InChI=1S/C40H46N8O6/c1-23(2)33(45-39(51)53-5)37(49)47-19-7-9-31(47)35-41-21-29(43-35)27-15-11-25(12-16-27)26-13-17-28(18-14-26)30-22-42-36(44-30)32-10-8-20-48(32)38(50)34(24(3)4)46-40(52)54-6/h7-18,21-24,31-34H,19-20H2,1-6H3,(H,41,43)(H,42,44)(H,45,51)(H,46,52)/t31?,32?,33-,34-/m0/s1. The van der Waals surface area contributed by atoms with E-state index >= 15 is 0 Å². The van der Waals surface area contributed by atoms with Crippen LogP contribution in [0, 0.1) is 11.8 Å². The van der Waals surface area contributed by atoms with Gasteiger partial charge in [-0.15, -0.1) is 0 Å². The van der Waals surface area contributed by atoms with Crippen LogP contribution < -0.4 is 10.6 Å². The third-order valence-corrected chi connectivity index (χ3v) is 9.74. The molecule has 4 atom stereocenters. The van der Waals surface area contributed by atoms with Crippen molar-refractivity contribution >= 4 is 24.0 Å². The Balaban J connectivity index is 1.11. The number of rotatable bonds is 11. The zero-order valence-corrected chi connectivity index (χ0v) is 31.2. The molecular weight excluding hydrogens is 688 g/mol. The normalized spacial score (nSPS) is 17.6. The second-order valence-electron chi connectivity index (χ2n) is 14.0. The van der Waals surface area contributed by atoms with E-state index < -0.39 is 24.3 Å². The fraction of sp³-hybridized carbons (Fsp3) is 0.350. The summed E-state index contributed by atoms with van der Waals surface area (Å²) < 4.78 is 9.47. The first kappa shape index (κ1) is 37.6. The Labute approximate surface area is 314 Å². The maximum Gasteiger partial charge on any atom is 0.407 e. The van der Waals surface area contributed by atoms with Crippen molar-refractivity contribution in [3.05, 3.63) is 96.9 Å². The molecule has 282 valence electrons. The number of ether oxygens (including phenoxy) is 2. The van der Waals surface area contributed by atoms with Gasteiger partial charge in [-0.2, -0.15) is 0 Å². The number of nitrogens with one attached hydrogen (secondary N) is 4. The first-order valence-electron chi connectivity index (χ1n) is 17.9. The SMILES string of the molecule is COC(=O)N[C@H](C(=O)N1CC=CC1c1ncc(-c2ccc(-c3ccc(-c4cnc(C5C=CCN5C(=O)[C@@H](NC(=O)OC)C(C)C)[nH]4)cc3)cc2)[nH]1)C(C)C. The lowest BCUT2D eigenvalue weighted by molar-refractivity contribution is -0.135. The van der Waals surface area contributed by atoms with Gasteiger partial charge in [-0.1, -0.05) is 101 Å². The molecule has 4 amide bonds. The van der Waals surface area contributed by atoms with E-state index in [1.165, 1.54) is 14.2 Å². The highest BCUT2D eigenvalue weighted by Crippen LogP contribution is 2.32. The average Bonchev–Trinajstić information content (AvgIpc) is 4.02. The quantitative estimate of drug-likeness (QED) is 0.141. The summed E-state index contributed by atoms with van der Waals surface area (Å²) in [5, 5.41) is 5.32. The maximum absolute atomic E-state index is 13.5. The molecule has 2 aromatic carbocycles. The molecule has 0 bridgehead atoms. The molecule has 0 saturated carbocycles. The van der Waals surface area contributed by atoms with E-state index in [-0.39, 0.29) is 35.7 Å². The molecule has 14 heteroatoms. The molecule has 0 spiro atoms. The maximum atomic E-state index is 13.5. The Morgan fingerprint density at radius 1 is 0.630 bits per heavy atom. The third-order valence-electron chi connectivity index (χ3n) is 9.74. The van der Waals surface area contributed by atoms with Gasteiger partial charge in [-0.3, -0.25) is 9.59 Å². The lowest BCUT2D eigenvalue weighted by atomic mass is 10.0. The van der Waals surface area contributed by atoms with Crippen LogP contribution in [-0.2, 0) is 19.1 Å². The van der Waals surface area contributed by atoms with Crippen LogP contribution in [-0.4, -0.2) is 93.1 Å². The summed E-state index contributed by atoms with van der Waals surface area (Å²) in [6.07, 6.45) is 9.94. The second kappa shape index (κ2) is 16.2. The number of carbonyl (C=O) groups excluding carboxylic acids is 4. The first-order chi connectivity index (χ1) is 26.0. The number of hydrogen-bond acceptors (Lipinski definition) is 8. The minimum atomic E-state index is -0.729. The van der Waals surface area contributed by atoms with Gasteiger partial charge in [0.1, 0.15) is 35.8 Å². The molecule has 0 saturated heterocycles. The number of alkyl carbamates (subject to hydrolysis) is 2. The van der Waals surface area contributed by atoms with Crippen molar-refractivity contribution in [2.24, 2.45) is 11.8 Å². The van der Waals surface area contributed by atoms with E-state index in [4.69, 9.17) is 9.47 Å². The number of amides is 4. The summed E-state index contributed by atoms with van der Waals surface area (Å²) in [4.78, 5) is 70.1. The summed E-state index contributed by atoms with van der Waals surface area (Å²) in [7, 11) is 2.55. The number of carbonyl (C=O) groups is 4. The summed E-state index contributed by atoms with van der Waals surface area (Å²) in [5.74, 6) is 0.584. The molecule has 4 N–H and O–H groups in total. The summed E-state index contributed by atoms with van der Waals surface area (Å²) in [5.41, 5.74) is 5.60. The number of nitrogens with zero attached hydrogens (tertiary/aromatic N) is 4. The molecule has 4 aromatic rings. The van der Waals surface area contributed by atoms with Crippen molar-refractivity contribution in [1.29, 1.82) is 0 Å². The number of aromatic nitrogens is 4. The lowest BCUT2D eigenvalue weighted by Gasteiger charge is -2.29. The van der Waals surface area contributed by atoms with Crippen molar-refractivity contribution in [2.75, 3.05) is 27.3 Å². The van der Waals surface area contributed by atoms with Crippen molar-refractivity contribution in [1.82, 2.24) is 40.4 Å². The molecule has 2 unspecified atom stereocenters. The summed E-state index contributed by atoms with van der Waals surface area (Å²) in [6.45, 7) is 8.33. The van der Waals surface area contributed by atoms with E-state index in [2.05, 4.69) is 30.6 Å². The van der Waals surface area contributed by atoms with Gasteiger partial charge in [0.15, 0.2) is 0 Å². The van der Waals surface area contributed by atoms with Crippen LogP contribution in [0.15, 0.2) is 85.2 Å². The zero-order chi connectivity index (χ0) is 38.5. The largest absolute Gasteiger partial charge is 0.453 e. The zero-order valence-electron chi connectivity index (χ0n) is 31.2. The third kappa shape index (κ3) is 7.92. The minimum Gasteiger partial charge on any atom is -0.453 e. The molecule has 0 aliphatic carbocycles. The Morgan fingerprint density at radius 2 is 0.981 bits per heavy atom. The molecule has 14 nitrogen and oxygen atoms in total. The van der Waals surface area contributed by atoms with Gasteiger partial charge in [0.05, 0.1) is 38.0 Å². The highest BCUT2D eigenvalue weighted by atomic mass is 16.5. The van der Waals surface area contributed by atoms with Crippen molar-refractivity contribution in [3.8, 4) is 33.6 Å². The van der Waals surface area contributed by atoms with E-state index in [0.29, 0.717) is 24.7 Å². The Bertz CT molecular complexity index is 1880. The molecule has 0 radical (unpaired) electrons. The topological polar surface area (TPSA) is 175 Å². The number of hydrogen-bond donors (Lipinski definition) is 4. The fourth-order valence-corrected chi connectivity index (χ4v) is 6.68. The van der Waals surface area contributed by atoms with Crippen LogP contribution >= 0.6 is 0 Å². The first-order valence-corrected chi connectivity index (χ1v) is 17.9. The highest BCUT2D eigenvalue weighted by molar-refractivity contribution is 5.87. The number of methoxy groups -OCH3 is 2. The number of benzene rings is 2. The highest BCUT2D eigenvalue weighted by Gasteiger charge is 2.36. The Kier molecular flexibility index (Phi) is 11.3. The van der Waals surface area contributed by atoms with Gasteiger partial charge in [-0.25, -0.2) is 19.6 Å². The molecule has 0 fully saturated rings. The number of imidazole rings is 2. The molecule has 4 heterocycles. The van der Waals surface area contributed by atoms with Crippen molar-refractivity contribution in [2.45, 2.75) is 51.9 Å². The van der Waals surface area contributed by atoms with Crippen LogP contribution in [0.5, 0.6) is 0 Å². The number of H-pyrrole nitrogens is 2. The molecular formula is C40H46N8O6. The van der Waals surface area contributed by atoms with E-state index in [1.54, 1.807) is 22.2 Å². The molecule has 2 aromatic heterocycles. The average molecular weight is 735 g/mol. The van der Waals surface area contributed by atoms with Gasteiger partial charge in [0.25, 0.3) is 0 Å². The van der Waals surface area contributed by atoms with Crippen LogP contribution in [0.2, 0.25) is 0 Å². The van der Waals surface area contributed by atoms with E-state index in [1.807, 2.05) is 101 Å². The Morgan fingerprint density at radius 3 is 1.31 bits per heavy atom. The number of aromatic amines is 2. The van der Waals surface area contributed by atoms with Gasteiger partial charge in [-0.05, 0) is 34.1 Å². The van der Waals surface area contributed by atoms with Crippen LogP contribution in [0.1, 0.15) is 51.4 Å². The van der Waals surface area contributed by atoms with Crippen LogP contribution in [0.25, 0.3) is 33.6 Å². The van der Waals surface area contributed by atoms with E-state index in [0.717, 1.165) is 33.6 Å². The van der Waals surface area contributed by atoms with Gasteiger partial charge in [0, 0.05) is 13.1 Å². The fourth-order valence-electron chi connectivity index (χ4n) is 6.68. The molecule has 2 aliphatic heterocycles. The molecule has 2 aliphatic rings. The van der Waals surface area contributed by atoms with Crippen molar-refractivity contribution in [3.63, 3.8) is 0 Å².